The summed E-state index contributed by atoms with van der Waals surface area (Å²) in [6.07, 6.45) is 1.81. The van der Waals surface area contributed by atoms with Gasteiger partial charge in [0.05, 0.1) is 18.5 Å². The second-order valence-electron chi connectivity index (χ2n) is 3.99. The molecule has 2 N–H and O–H groups in total. The molecule has 0 saturated carbocycles. The van der Waals surface area contributed by atoms with Crippen molar-refractivity contribution in [1.29, 1.82) is 0 Å². The summed E-state index contributed by atoms with van der Waals surface area (Å²) in [6.45, 7) is 0. The minimum absolute atomic E-state index is 0.208. The molecule has 0 fully saturated rings. The summed E-state index contributed by atoms with van der Waals surface area (Å²) < 4.78 is 5.23. The maximum Gasteiger partial charge on any atom is 0.240 e. The van der Waals surface area contributed by atoms with E-state index in [1.54, 1.807) is 7.11 Å². The Bertz CT molecular complexity index is 583. The van der Waals surface area contributed by atoms with E-state index in [2.05, 4.69) is 21.2 Å². The Morgan fingerprint density at radius 1 is 1.24 bits per heavy atom. The van der Waals surface area contributed by atoms with E-state index >= 15 is 0 Å². The van der Waals surface area contributed by atoms with E-state index in [9.17, 15) is 0 Å². The molecule has 0 atom stereocenters. The van der Waals surface area contributed by atoms with Crippen LogP contribution in [0.1, 0.15) is 11.3 Å². The Kier molecular flexibility index (Phi) is 2.18. The van der Waals surface area contributed by atoms with Gasteiger partial charge in [0.15, 0.2) is 0 Å². The van der Waals surface area contributed by atoms with Crippen LogP contribution < -0.4 is 10.5 Å². The predicted octanol–water partition coefficient (Wildman–Crippen LogP) is 1.23. The number of methoxy groups -OCH3 is 1. The number of rotatable bonds is 1. The van der Waals surface area contributed by atoms with Gasteiger partial charge in [0, 0.05) is 5.56 Å². The van der Waals surface area contributed by atoms with Crippen molar-refractivity contribution in [3.05, 3.63) is 29.5 Å². The van der Waals surface area contributed by atoms with Crippen LogP contribution in [0.5, 0.6) is 5.75 Å². The van der Waals surface area contributed by atoms with Crippen molar-refractivity contribution in [3.8, 4) is 17.0 Å². The van der Waals surface area contributed by atoms with Crippen molar-refractivity contribution >= 4 is 5.95 Å². The third-order valence-electron chi connectivity index (χ3n) is 2.98. The van der Waals surface area contributed by atoms with Gasteiger partial charge < -0.3 is 10.5 Å². The van der Waals surface area contributed by atoms with E-state index in [0.29, 0.717) is 0 Å². The number of nitrogens with zero attached hydrogens (tertiary/aromatic N) is 3. The van der Waals surface area contributed by atoms with Gasteiger partial charge in [0.25, 0.3) is 0 Å². The fraction of sp³-hybridized carbons (Fsp3) is 0.250. The molecule has 1 aliphatic rings. The fourth-order valence-electron chi connectivity index (χ4n) is 2.12. The lowest BCUT2D eigenvalue weighted by atomic mass is 9.92. The fourth-order valence-corrected chi connectivity index (χ4v) is 2.12. The SMILES string of the molecule is COc1ccc2c(c1)-c1nc(N)nnc1CC2. The number of ether oxygens (including phenoxy) is 1. The Balaban J connectivity index is 2.22. The maximum atomic E-state index is 5.59. The van der Waals surface area contributed by atoms with Crippen LogP contribution in [-0.2, 0) is 12.8 Å². The molecule has 0 bridgehead atoms. The molecule has 0 amide bonds. The first-order chi connectivity index (χ1) is 8.28. The molecule has 0 saturated heterocycles. The number of aryl methyl sites for hydroxylation is 2. The highest BCUT2D eigenvalue weighted by molar-refractivity contribution is 5.70. The lowest BCUT2D eigenvalue weighted by molar-refractivity contribution is 0.414. The number of aromatic nitrogens is 3. The molecule has 86 valence electrons. The third-order valence-corrected chi connectivity index (χ3v) is 2.98. The largest absolute Gasteiger partial charge is 0.497 e. The number of benzene rings is 1. The van der Waals surface area contributed by atoms with Gasteiger partial charge in [0.1, 0.15) is 5.75 Å². The van der Waals surface area contributed by atoms with Crippen LogP contribution in [0.3, 0.4) is 0 Å². The highest BCUT2D eigenvalue weighted by atomic mass is 16.5. The van der Waals surface area contributed by atoms with Crippen molar-refractivity contribution in [2.24, 2.45) is 0 Å². The monoisotopic (exact) mass is 228 g/mol. The average molecular weight is 228 g/mol. The molecule has 0 spiro atoms. The zero-order chi connectivity index (χ0) is 11.8. The third kappa shape index (κ3) is 1.60. The second kappa shape index (κ2) is 3.69. The second-order valence-corrected chi connectivity index (χ2v) is 3.99. The van der Waals surface area contributed by atoms with E-state index in [1.807, 2.05) is 12.1 Å². The zero-order valence-corrected chi connectivity index (χ0v) is 9.47. The van der Waals surface area contributed by atoms with Crippen LogP contribution >= 0.6 is 0 Å². The van der Waals surface area contributed by atoms with E-state index < -0.39 is 0 Å². The summed E-state index contributed by atoms with van der Waals surface area (Å²) in [5.74, 6) is 1.02. The Morgan fingerprint density at radius 2 is 2.12 bits per heavy atom. The smallest absolute Gasteiger partial charge is 0.240 e. The van der Waals surface area contributed by atoms with Gasteiger partial charge in [-0.1, -0.05) is 6.07 Å². The van der Waals surface area contributed by atoms with Crippen molar-refractivity contribution in [2.45, 2.75) is 12.8 Å². The normalized spacial score (nSPS) is 12.8. The van der Waals surface area contributed by atoms with Gasteiger partial charge in [-0.2, -0.15) is 0 Å². The molecule has 1 heterocycles. The number of nitrogen functional groups attached to an aromatic ring is 1. The summed E-state index contributed by atoms with van der Waals surface area (Å²) in [5.41, 5.74) is 9.62. The molecular weight excluding hydrogens is 216 g/mol. The predicted molar refractivity (Wildman–Crippen MR) is 63.6 cm³/mol. The zero-order valence-electron chi connectivity index (χ0n) is 9.47. The first-order valence-corrected chi connectivity index (χ1v) is 5.44. The highest BCUT2D eigenvalue weighted by Crippen LogP contribution is 2.33. The van der Waals surface area contributed by atoms with E-state index in [1.165, 1.54) is 5.56 Å². The summed E-state index contributed by atoms with van der Waals surface area (Å²) in [6, 6.07) is 6.00. The van der Waals surface area contributed by atoms with Gasteiger partial charge in [-0.05, 0) is 30.5 Å². The van der Waals surface area contributed by atoms with Crippen LogP contribution in [0, 0.1) is 0 Å². The minimum atomic E-state index is 0.208. The van der Waals surface area contributed by atoms with E-state index in [0.717, 1.165) is 35.5 Å². The number of fused-ring (bicyclic) bond motifs is 3. The maximum absolute atomic E-state index is 5.59. The van der Waals surface area contributed by atoms with Crippen LogP contribution in [0.2, 0.25) is 0 Å². The highest BCUT2D eigenvalue weighted by Gasteiger charge is 2.19. The Morgan fingerprint density at radius 3 is 2.94 bits per heavy atom. The summed E-state index contributed by atoms with van der Waals surface area (Å²) >= 11 is 0. The van der Waals surface area contributed by atoms with Gasteiger partial charge in [0.2, 0.25) is 5.95 Å². The summed E-state index contributed by atoms with van der Waals surface area (Å²) in [5, 5.41) is 7.89. The van der Waals surface area contributed by atoms with Crippen LogP contribution in [0.15, 0.2) is 18.2 Å². The lowest BCUT2D eigenvalue weighted by Gasteiger charge is -2.18. The van der Waals surface area contributed by atoms with Crippen LogP contribution in [-0.4, -0.2) is 22.3 Å². The molecule has 17 heavy (non-hydrogen) atoms. The lowest BCUT2D eigenvalue weighted by Crippen LogP contribution is -2.11. The molecule has 2 aromatic rings. The minimum Gasteiger partial charge on any atom is -0.497 e. The topological polar surface area (TPSA) is 73.9 Å². The Labute approximate surface area is 98.7 Å². The van der Waals surface area contributed by atoms with Crippen LogP contribution in [0.25, 0.3) is 11.3 Å². The van der Waals surface area contributed by atoms with Crippen molar-refractivity contribution in [2.75, 3.05) is 12.8 Å². The van der Waals surface area contributed by atoms with Crippen molar-refractivity contribution in [3.63, 3.8) is 0 Å². The quantitative estimate of drug-likeness (QED) is 0.794. The number of hydrogen-bond donors (Lipinski definition) is 1. The summed E-state index contributed by atoms with van der Waals surface area (Å²) in [4.78, 5) is 4.28. The Hall–Kier alpha value is -2.17. The molecule has 1 aliphatic carbocycles. The molecule has 3 rings (SSSR count). The molecule has 1 aromatic heterocycles. The first-order valence-electron chi connectivity index (χ1n) is 5.44. The molecule has 5 heteroatoms. The van der Waals surface area contributed by atoms with E-state index in [4.69, 9.17) is 10.5 Å². The van der Waals surface area contributed by atoms with Crippen molar-refractivity contribution < 1.29 is 4.74 Å². The van der Waals surface area contributed by atoms with E-state index in [-0.39, 0.29) is 5.95 Å². The number of hydrogen-bond acceptors (Lipinski definition) is 5. The molecule has 1 aromatic carbocycles. The number of nitrogens with two attached hydrogens (primary N) is 1. The van der Waals surface area contributed by atoms with Crippen molar-refractivity contribution in [1.82, 2.24) is 15.2 Å². The molecule has 0 aliphatic heterocycles. The standard InChI is InChI=1S/C12H12N4O/c1-17-8-4-2-7-3-5-10-11(9(7)6-8)14-12(13)16-15-10/h2,4,6H,3,5H2,1H3,(H2,13,14,16). The van der Waals surface area contributed by atoms with Gasteiger partial charge in [-0.3, -0.25) is 0 Å². The van der Waals surface area contributed by atoms with Gasteiger partial charge >= 0.3 is 0 Å². The van der Waals surface area contributed by atoms with Gasteiger partial charge in [-0.15, -0.1) is 10.2 Å². The first kappa shape index (κ1) is 10.0. The molecule has 0 unspecified atom stereocenters. The molecular formula is C12H12N4O. The van der Waals surface area contributed by atoms with Crippen LogP contribution in [0.4, 0.5) is 5.95 Å². The number of anilines is 1. The molecule has 5 nitrogen and oxygen atoms in total. The molecule has 0 radical (unpaired) electrons. The average Bonchev–Trinajstić information content (AvgIpc) is 2.38. The summed E-state index contributed by atoms with van der Waals surface area (Å²) in [7, 11) is 1.65. The van der Waals surface area contributed by atoms with Gasteiger partial charge in [-0.25, -0.2) is 4.98 Å².